The van der Waals surface area contributed by atoms with E-state index in [9.17, 15) is 0 Å². The molecule has 18 heavy (non-hydrogen) atoms. The number of nitrogens with zero attached hydrogens (tertiary/aromatic N) is 1. The first kappa shape index (κ1) is 11.5. The Morgan fingerprint density at radius 2 is 2.00 bits per heavy atom. The van der Waals surface area contributed by atoms with Gasteiger partial charge in [0.15, 0.2) is 0 Å². The molecule has 1 aliphatic carbocycles. The minimum Gasteiger partial charge on any atom is -0.489 e. The van der Waals surface area contributed by atoms with Gasteiger partial charge in [0.25, 0.3) is 0 Å². The van der Waals surface area contributed by atoms with Crippen LogP contribution in [0.2, 0.25) is 0 Å². The number of hydrogen-bond donors (Lipinski definition) is 1. The van der Waals surface area contributed by atoms with Crippen molar-refractivity contribution in [1.82, 2.24) is 4.98 Å². The van der Waals surface area contributed by atoms with Crippen molar-refractivity contribution >= 4 is 10.9 Å². The molecule has 1 aromatic carbocycles. The van der Waals surface area contributed by atoms with Crippen LogP contribution < -0.4 is 10.5 Å². The van der Waals surface area contributed by atoms with E-state index in [2.05, 4.69) is 11.1 Å². The largest absolute Gasteiger partial charge is 0.489 e. The van der Waals surface area contributed by atoms with Crippen molar-refractivity contribution in [2.75, 3.05) is 0 Å². The quantitative estimate of drug-likeness (QED) is 0.900. The third-order valence-corrected chi connectivity index (χ3v) is 3.61. The second-order valence-electron chi connectivity index (χ2n) is 4.86. The number of fused-ring (bicyclic) bond motifs is 1. The van der Waals surface area contributed by atoms with E-state index in [0.29, 0.717) is 12.6 Å². The molecule has 0 spiro atoms. The van der Waals surface area contributed by atoms with Gasteiger partial charge in [-0.25, -0.2) is 0 Å². The molecule has 1 heterocycles. The van der Waals surface area contributed by atoms with Crippen LogP contribution in [0.15, 0.2) is 30.5 Å². The molecule has 3 heteroatoms. The molecule has 0 bridgehead atoms. The molecule has 2 aromatic rings. The van der Waals surface area contributed by atoms with Crippen molar-refractivity contribution in [3.05, 3.63) is 36.0 Å². The highest BCUT2D eigenvalue weighted by molar-refractivity contribution is 5.86. The predicted molar refractivity (Wildman–Crippen MR) is 72.5 cm³/mol. The number of rotatable bonds is 3. The summed E-state index contributed by atoms with van der Waals surface area (Å²) in [7, 11) is 0. The molecule has 0 atom stereocenters. The Morgan fingerprint density at radius 3 is 2.78 bits per heavy atom. The van der Waals surface area contributed by atoms with Gasteiger partial charge in [-0.15, -0.1) is 0 Å². The van der Waals surface area contributed by atoms with Gasteiger partial charge in [0.1, 0.15) is 5.75 Å². The zero-order chi connectivity index (χ0) is 12.4. The lowest BCUT2D eigenvalue weighted by molar-refractivity contribution is 0.210. The summed E-state index contributed by atoms with van der Waals surface area (Å²) >= 11 is 0. The summed E-state index contributed by atoms with van der Waals surface area (Å²) in [6.07, 6.45) is 7.03. The van der Waals surface area contributed by atoms with Crippen LogP contribution in [0.25, 0.3) is 10.9 Å². The van der Waals surface area contributed by atoms with Crippen LogP contribution in [0.1, 0.15) is 31.2 Å². The monoisotopic (exact) mass is 242 g/mol. The summed E-state index contributed by atoms with van der Waals surface area (Å²) in [6.45, 7) is 0.472. The van der Waals surface area contributed by atoms with Gasteiger partial charge in [-0.2, -0.15) is 0 Å². The van der Waals surface area contributed by atoms with E-state index in [1.54, 1.807) is 0 Å². The van der Waals surface area contributed by atoms with E-state index in [-0.39, 0.29) is 0 Å². The van der Waals surface area contributed by atoms with Crippen LogP contribution in [0, 0.1) is 0 Å². The highest BCUT2D eigenvalue weighted by atomic mass is 16.5. The van der Waals surface area contributed by atoms with E-state index in [1.807, 2.05) is 24.4 Å². The summed E-state index contributed by atoms with van der Waals surface area (Å²) in [4.78, 5) is 4.43. The van der Waals surface area contributed by atoms with Gasteiger partial charge in [-0.1, -0.05) is 12.1 Å². The molecular weight excluding hydrogens is 224 g/mol. The Labute approximate surface area is 107 Å². The minimum absolute atomic E-state index is 0.348. The third kappa shape index (κ3) is 2.06. The number of benzene rings is 1. The van der Waals surface area contributed by atoms with Crippen LogP contribution in [-0.2, 0) is 6.54 Å². The van der Waals surface area contributed by atoms with Crippen molar-refractivity contribution in [2.24, 2.45) is 5.73 Å². The van der Waals surface area contributed by atoms with E-state index in [1.165, 1.54) is 12.8 Å². The smallest absolute Gasteiger partial charge is 0.135 e. The molecule has 0 saturated heterocycles. The van der Waals surface area contributed by atoms with Crippen LogP contribution >= 0.6 is 0 Å². The van der Waals surface area contributed by atoms with E-state index in [4.69, 9.17) is 10.5 Å². The maximum Gasteiger partial charge on any atom is 0.135 e. The topological polar surface area (TPSA) is 48.1 Å². The van der Waals surface area contributed by atoms with Gasteiger partial charge in [-0.3, -0.25) is 4.98 Å². The van der Waals surface area contributed by atoms with Gasteiger partial charge in [0.2, 0.25) is 0 Å². The summed E-state index contributed by atoms with van der Waals surface area (Å²) in [6, 6.07) is 8.09. The first-order valence-electron chi connectivity index (χ1n) is 6.62. The van der Waals surface area contributed by atoms with E-state index in [0.717, 1.165) is 35.1 Å². The minimum atomic E-state index is 0.348. The van der Waals surface area contributed by atoms with Crippen molar-refractivity contribution < 1.29 is 4.74 Å². The normalized spacial score (nSPS) is 16.3. The fraction of sp³-hybridized carbons (Fsp3) is 0.400. The van der Waals surface area contributed by atoms with Crippen molar-refractivity contribution in [2.45, 2.75) is 38.3 Å². The average Bonchev–Trinajstić information content (AvgIpc) is 2.92. The SMILES string of the molecule is NCc1cnc2ccccc2c1OC1CCCC1. The molecule has 1 aliphatic rings. The molecule has 0 radical (unpaired) electrons. The molecule has 0 aliphatic heterocycles. The molecule has 1 aromatic heterocycles. The summed E-state index contributed by atoms with van der Waals surface area (Å²) < 4.78 is 6.19. The molecule has 3 nitrogen and oxygen atoms in total. The lowest BCUT2D eigenvalue weighted by Crippen LogP contribution is -2.13. The number of para-hydroxylation sites is 1. The van der Waals surface area contributed by atoms with Crippen molar-refractivity contribution in [1.29, 1.82) is 0 Å². The molecule has 94 valence electrons. The Hall–Kier alpha value is -1.61. The fourth-order valence-electron chi connectivity index (χ4n) is 2.61. The summed E-state index contributed by atoms with van der Waals surface area (Å²) in [5, 5.41) is 1.08. The maximum absolute atomic E-state index is 6.19. The molecule has 0 unspecified atom stereocenters. The van der Waals surface area contributed by atoms with Gasteiger partial charge in [-0.05, 0) is 37.8 Å². The van der Waals surface area contributed by atoms with Gasteiger partial charge >= 0.3 is 0 Å². The van der Waals surface area contributed by atoms with Crippen LogP contribution in [-0.4, -0.2) is 11.1 Å². The molecular formula is C15H18N2O. The molecule has 3 rings (SSSR count). The van der Waals surface area contributed by atoms with Gasteiger partial charge in [0.05, 0.1) is 11.6 Å². The first-order valence-corrected chi connectivity index (χ1v) is 6.62. The number of nitrogens with two attached hydrogens (primary N) is 1. The highest BCUT2D eigenvalue weighted by Crippen LogP contribution is 2.32. The number of pyridine rings is 1. The summed E-state index contributed by atoms with van der Waals surface area (Å²) in [5.74, 6) is 0.940. The van der Waals surface area contributed by atoms with Crippen LogP contribution in [0.3, 0.4) is 0 Å². The standard InChI is InChI=1S/C15H18N2O/c16-9-11-10-17-14-8-4-3-7-13(14)15(11)18-12-5-1-2-6-12/h3-4,7-8,10,12H,1-2,5-6,9,16H2. The second kappa shape index (κ2) is 4.94. The zero-order valence-corrected chi connectivity index (χ0v) is 10.4. The Morgan fingerprint density at radius 1 is 1.22 bits per heavy atom. The molecule has 1 fully saturated rings. The number of ether oxygens (including phenoxy) is 1. The highest BCUT2D eigenvalue weighted by Gasteiger charge is 2.19. The Balaban J connectivity index is 2.05. The fourth-order valence-corrected chi connectivity index (χ4v) is 2.61. The van der Waals surface area contributed by atoms with Gasteiger partial charge in [0, 0.05) is 23.7 Å². The first-order chi connectivity index (χ1) is 8.88. The Kier molecular flexibility index (Phi) is 3.15. The molecule has 2 N–H and O–H groups in total. The number of aromatic nitrogens is 1. The zero-order valence-electron chi connectivity index (χ0n) is 10.4. The van der Waals surface area contributed by atoms with Crippen molar-refractivity contribution in [3.63, 3.8) is 0 Å². The molecule has 1 saturated carbocycles. The average molecular weight is 242 g/mol. The third-order valence-electron chi connectivity index (χ3n) is 3.61. The van der Waals surface area contributed by atoms with E-state index >= 15 is 0 Å². The lowest BCUT2D eigenvalue weighted by atomic mass is 10.1. The maximum atomic E-state index is 6.19. The van der Waals surface area contributed by atoms with E-state index < -0.39 is 0 Å². The second-order valence-corrected chi connectivity index (χ2v) is 4.86. The lowest BCUT2D eigenvalue weighted by Gasteiger charge is -2.17. The summed E-state index contributed by atoms with van der Waals surface area (Å²) in [5.41, 5.74) is 7.77. The number of hydrogen-bond acceptors (Lipinski definition) is 3. The van der Waals surface area contributed by atoms with Gasteiger partial charge < -0.3 is 10.5 Å². The van der Waals surface area contributed by atoms with Crippen LogP contribution in [0.5, 0.6) is 5.75 Å². The predicted octanol–water partition coefficient (Wildman–Crippen LogP) is 3.01. The van der Waals surface area contributed by atoms with Crippen LogP contribution in [0.4, 0.5) is 0 Å². The Bertz CT molecular complexity index is 547. The molecule has 0 amide bonds. The van der Waals surface area contributed by atoms with Crippen molar-refractivity contribution in [3.8, 4) is 5.75 Å².